The number of anilines is 1. The standard InChI is InChI=1S/C28H30Cl2FN3O4S/c1-3-4-16-32-28(36)20(2)33(18-21-10-15-25(29)26(30)17-21)27(35)19-34(23-8-6-5-7-9-23)39(37,38)24-13-11-22(31)12-14-24/h5-15,17,20H,3-4,16,18-19H2,1-2H3,(H,32,36)/t20-/m0/s1. The van der Waals surface area contributed by atoms with E-state index in [0.29, 0.717) is 17.1 Å². The second-order valence-corrected chi connectivity index (χ2v) is 11.6. The van der Waals surface area contributed by atoms with Crippen LogP contribution in [0.25, 0.3) is 0 Å². The third kappa shape index (κ3) is 7.94. The molecule has 0 saturated carbocycles. The van der Waals surface area contributed by atoms with Gasteiger partial charge < -0.3 is 10.2 Å². The van der Waals surface area contributed by atoms with Gasteiger partial charge in [-0.15, -0.1) is 0 Å². The van der Waals surface area contributed by atoms with E-state index in [1.165, 1.54) is 4.90 Å². The van der Waals surface area contributed by atoms with Gasteiger partial charge in [-0.05, 0) is 67.4 Å². The minimum Gasteiger partial charge on any atom is -0.354 e. The Kier molecular flexibility index (Phi) is 10.7. The molecule has 0 spiro atoms. The molecule has 0 unspecified atom stereocenters. The van der Waals surface area contributed by atoms with Crippen LogP contribution < -0.4 is 9.62 Å². The first-order chi connectivity index (χ1) is 18.5. The van der Waals surface area contributed by atoms with Crippen molar-refractivity contribution in [3.8, 4) is 0 Å². The molecule has 1 N–H and O–H groups in total. The number of carbonyl (C=O) groups is 2. The van der Waals surface area contributed by atoms with Gasteiger partial charge in [0.25, 0.3) is 10.0 Å². The predicted octanol–water partition coefficient (Wildman–Crippen LogP) is 5.66. The van der Waals surface area contributed by atoms with Gasteiger partial charge in [0.1, 0.15) is 18.4 Å². The fourth-order valence-electron chi connectivity index (χ4n) is 3.81. The average Bonchev–Trinajstić information content (AvgIpc) is 2.92. The van der Waals surface area contributed by atoms with Crippen LogP contribution in [0.1, 0.15) is 32.3 Å². The number of rotatable bonds is 12. The first kappa shape index (κ1) is 30.4. The number of nitrogens with one attached hydrogen (secondary N) is 1. The molecule has 0 aliphatic heterocycles. The Morgan fingerprint density at radius 3 is 2.26 bits per heavy atom. The highest BCUT2D eigenvalue weighted by Gasteiger charge is 2.32. The molecule has 0 aromatic heterocycles. The number of amides is 2. The molecule has 0 fully saturated rings. The summed E-state index contributed by atoms with van der Waals surface area (Å²) in [7, 11) is -4.27. The Balaban J connectivity index is 1.98. The van der Waals surface area contributed by atoms with Crippen molar-refractivity contribution in [1.82, 2.24) is 10.2 Å². The Morgan fingerprint density at radius 1 is 0.974 bits per heavy atom. The van der Waals surface area contributed by atoms with E-state index in [0.717, 1.165) is 41.4 Å². The molecule has 0 saturated heterocycles. The average molecular weight is 595 g/mol. The van der Waals surface area contributed by atoms with Crippen LogP contribution in [0.2, 0.25) is 10.0 Å². The Labute approximate surface area is 238 Å². The largest absolute Gasteiger partial charge is 0.354 e. The first-order valence-corrected chi connectivity index (χ1v) is 14.6. The summed E-state index contributed by atoms with van der Waals surface area (Å²) in [4.78, 5) is 27.9. The minimum atomic E-state index is -4.27. The maximum absolute atomic E-state index is 13.8. The molecule has 3 aromatic rings. The van der Waals surface area contributed by atoms with Crippen molar-refractivity contribution in [2.24, 2.45) is 0 Å². The first-order valence-electron chi connectivity index (χ1n) is 12.4. The summed E-state index contributed by atoms with van der Waals surface area (Å²) >= 11 is 12.2. The number of benzene rings is 3. The lowest BCUT2D eigenvalue weighted by Gasteiger charge is -2.32. The number of carbonyl (C=O) groups excluding carboxylic acids is 2. The number of hydrogen-bond donors (Lipinski definition) is 1. The van der Waals surface area contributed by atoms with Crippen molar-refractivity contribution in [3.05, 3.63) is 94.2 Å². The molecule has 11 heteroatoms. The summed E-state index contributed by atoms with van der Waals surface area (Å²) in [6, 6.07) is 16.4. The van der Waals surface area contributed by atoms with E-state index in [2.05, 4.69) is 5.32 Å². The fraction of sp³-hybridized carbons (Fsp3) is 0.286. The highest BCUT2D eigenvalue weighted by atomic mass is 35.5. The lowest BCUT2D eigenvalue weighted by Crippen LogP contribution is -2.51. The second-order valence-electron chi connectivity index (χ2n) is 8.89. The van der Waals surface area contributed by atoms with Gasteiger partial charge in [0, 0.05) is 13.1 Å². The van der Waals surface area contributed by atoms with Gasteiger partial charge >= 0.3 is 0 Å². The molecule has 3 aromatic carbocycles. The van der Waals surface area contributed by atoms with Gasteiger partial charge in [0.2, 0.25) is 11.8 Å². The summed E-state index contributed by atoms with van der Waals surface area (Å²) in [6.45, 7) is 3.41. The topological polar surface area (TPSA) is 86.8 Å². The maximum Gasteiger partial charge on any atom is 0.264 e. The zero-order valence-electron chi connectivity index (χ0n) is 21.6. The molecule has 0 radical (unpaired) electrons. The second kappa shape index (κ2) is 13.8. The highest BCUT2D eigenvalue weighted by Crippen LogP contribution is 2.26. The van der Waals surface area contributed by atoms with Crippen molar-refractivity contribution in [1.29, 1.82) is 0 Å². The molecular weight excluding hydrogens is 564 g/mol. The van der Waals surface area contributed by atoms with Crippen LogP contribution >= 0.6 is 23.2 Å². The molecule has 0 bridgehead atoms. The third-order valence-electron chi connectivity index (χ3n) is 6.06. The predicted molar refractivity (Wildman–Crippen MR) is 152 cm³/mol. The van der Waals surface area contributed by atoms with Crippen molar-refractivity contribution in [2.45, 2.75) is 44.2 Å². The quantitative estimate of drug-likeness (QED) is 0.274. The SMILES string of the molecule is CCCCNC(=O)[C@H](C)N(Cc1ccc(Cl)c(Cl)c1)C(=O)CN(c1ccccc1)S(=O)(=O)c1ccc(F)cc1. The summed E-state index contributed by atoms with van der Waals surface area (Å²) in [5.41, 5.74) is 0.850. The number of unbranched alkanes of at least 4 members (excludes halogenated alkanes) is 1. The number of sulfonamides is 1. The Bertz CT molecular complexity index is 1390. The zero-order valence-corrected chi connectivity index (χ0v) is 23.9. The van der Waals surface area contributed by atoms with Crippen LogP contribution in [0.15, 0.2) is 77.7 Å². The number of nitrogens with zero attached hydrogens (tertiary/aromatic N) is 2. The van der Waals surface area contributed by atoms with Crippen LogP contribution in [0.5, 0.6) is 0 Å². The monoisotopic (exact) mass is 593 g/mol. The molecular formula is C28H30Cl2FN3O4S. The van der Waals surface area contributed by atoms with Crippen molar-refractivity contribution in [3.63, 3.8) is 0 Å². The molecule has 0 heterocycles. The summed E-state index contributed by atoms with van der Waals surface area (Å²) < 4.78 is 41.8. The summed E-state index contributed by atoms with van der Waals surface area (Å²) in [5, 5.41) is 3.45. The molecule has 7 nitrogen and oxygen atoms in total. The Morgan fingerprint density at radius 2 is 1.64 bits per heavy atom. The van der Waals surface area contributed by atoms with Crippen LogP contribution in [0, 0.1) is 5.82 Å². The van der Waals surface area contributed by atoms with Crippen LogP contribution in [-0.4, -0.2) is 44.3 Å². The van der Waals surface area contributed by atoms with Gasteiger partial charge in [0.15, 0.2) is 0 Å². The lowest BCUT2D eigenvalue weighted by molar-refractivity contribution is -0.139. The molecule has 0 aliphatic rings. The summed E-state index contributed by atoms with van der Waals surface area (Å²) in [6.07, 6.45) is 1.66. The summed E-state index contributed by atoms with van der Waals surface area (Å²) in [5.74, 6) is -1.58. The van der Waals surface area contributed by atoms with Crippen LogP contribution in [-0.2, 0) is 26.2 Å². The van der Waals surface area contributed by atoms with Crippen molar-refractivity contribution in [2.75, 3.05) is 17.4 Å². The van der Waals surface area contributed by atoms with E-state index in [-0.39, 0.29) is 28.1 Å². The smallest absolute Gasteiger partial charge is 0.264 e. The molecule has 3 rings (SSSR count). The van der Waals surface area contributed by atoms with E-state index in [4.69, 9.17) is 23.2 Å². The fourth-order valence-corrected chi connectivity index (χ4v) is 5.55. The van der Waals surface area contributed by atoms with E-state index in [1.807, 2.05) is 6.92 Å². The van der Waals surface area contributed by atoms with Gasteiger partial charge in [-0.1, -0.05) is 60.8 Å². The van der Waals surface area contributed by atoms with Gasteiger partial charge in [-0.3, -0.25) is 13.9 Å². The number of hydrogen-bond acceptors (Lipinski definition) is 4. The van der Waals surface area contributed by atoms with Gasteiger partial charge in [-0.2, -0.15) is 0 Å². The van der Waals surface area contributed by atoms with E-state index < -0.39 is 34.3 Å². The van der Waals surface area contributed by atoms with E-state index in [1.54, 1.807) is 55.5 Å². The number of para-hydroxylation sites is 1. The third-order valence-corrected chi connectivity index (χ3v) is 8.59. The molecule has 1 atom stereocenters. The van der Waals surface area contributed by atoms with Crippen molar-refractivity contribution >= 4 is 50.7 Å². The maximum atomic E-state index is 13.8. The van der Waals surface area contributed by atoms with Gasteiger partial charge in [0.05, 0.1) is 20.6 Å². The van der Waals surface area contributed by atoms with Crippen LogP contribution in [0.3, 0.4) is 0 Å². The molecule has 0 aliphatic carbocycles. The van der Waals surface area contributed by atoms with E-state index >= 15 is 0 Å². The number of halogens is 3. The zero-order chi connectivity index (χ0) is 28.6. The van der Waals surface area contributed by atoms with Crippen molar-refractivity contribution < 1.29 is 22.4 Å². The lowest BCUT2D eigenvalue weighted by atomic mass is 10.1. The molecule has 2 amide bonds. The van der Waals surface area contributed by atoms with Gasteiger partial charge in [-0.25, -0.2) is 12.8 Å². The Hall–Kier alpha value is -3.14. The van der Waals surface area contributed by atoms with E-state index in [9.17, 15) is 22.4 Å². The van der Waals surface area contributed by atoms with Crippen LogP contribution in [0.4, 0.5) is 10.1 Å². The molecule has 39 heavy (non-hydrogen) atoms. The minimum absolute atomic E-state index is 0.0166. The molecule has 208 valence electrons. The highest BCUT2D eigenvalue weighted by molar-refractivity contribution is 7.92. The normalized spacial score (nSPS) is 12.0.